The van der Waals surface area contributed by atoms with Gasteiger partial charge in [0, 0.05) is 23.0 Å². The number of hydrogen-bond donors (Lipinski definition) is 1. The fourth-order valence-corrected chi connectivity index (χ4v) is 3.00. The van der Waals surface area contributed by atoms with Gasteiger partial charge in [-0.2, -0.15) is 0 Å². The highest BCUT2D eigenvalue weighted by Gasteiger charge is 2.10. The Balaban J connectivity index is 1.98. The van der Waals surface area contributed by atoms with E-state index in [9.17, 15) is 0 Å². The predicted molar refractivity (Wildman–Crippen MR) is 87.2 cm³/mol. The Hall–Kier alpha value is -2.07. The van der Waals surface area contributed by atoms with Gasteiger partial charge in [-0.05, 0) is 18.4 Å². The number of anilines is 2. The third-order valence-corrected chi connectivity index (χ3v) is 4.13. The lowest BCUT2D eigenvalue weighted by Gasteiger charge is -2.23. The van der Waals surface area contributed by atoms with E-state index in [2.05, 4.69) is 59.3 Å². The van der Waals surface area contributed by atoms with E-state index in [0.29, 0.717) is 5.13 Å². The van der Waals surface area contributed by atoms with E-state index < -0.39 is 0 Å². The molecule has 0 unspecified atom stereocenters. The molecular weight excluding hydrogens is 266 g/mol. The van der Waals surface area contributed by atoms with E-state index in [-0.39, 0.29) is 0 Å². The zero-order chi connectivity index (χ0) is 13.9. The summed E-state index contributed by atoms with van der Waals surface area (Å²) < 4.78 is 0. The van der Waals surface area contributed by atoms with Crippen LogP contribution >= 0.6 is 11.3 Å². The first-order chi connectivity index (χ1) is 9.78. The first-order valence-corrected chi connectivity index (χ1v) is 7.58. The van der Waals surface area contributed by atoms with Crippen LogP contribution in [0.25, 0.3) is 10.8 Å². The molecule has 20 heavy (non-hydrogen) atoms. The molecule has 0 saturated heterocycles. The van der Waals surface area contributed by atoms with Crippen molar-refractivity contribution in [1.82, 2.24) is 4.98 Å². The van der Waals surface area contributed by atoms with Crippen LogP contribution in [-0.2, 0) is 6.54 Å². The molecule has 0 radical (unpaired) electrons. The molecule has 0 bridgehead atoms. The van der Waals surface area contributed by atoms with Crippen molar-refractivity contribution in [3.63, 3.8) is 0 Å². The maximum absolute atomic E-state index is 5.71. The minimum Gasteiger partial charge on any atom is -0.375 e. The van der Waals surface area contributed by atoms with Crippen LogP contribution in [0.5, 0.6) is 0 Å². The molecule has 0 aliphatic carbocycles. The van der Waals surface area contributed by atoms with Crippen molar-refractivity contribution in [3.8, 4) is 0 Å². The molecule has 2 aromatic carbocycles. The molecule has 0 spiro atoms. The molecule has 0 aliphatic rings. The number of nitrogens with two attached hydrogens (primary N) is 1. The van der Waals surface area contributed by atoms with Crippen LogP contribution in [0.4, 0.5) is 10.8 Å². The summed E-state index contributed by atoms with van der Waals surface area (Å²) in [4.78, 5) is 6.69. The van der Waals surface area contributed by atoms with Crippen molar-refractivity contribution in [2.75, 3.05) is 17.2 Å². The molecule has 4 heteroatoms. The Morgan fingerprint density at radius 2 is 1.95 bits per heavy atom. The van der Waals surface area contributed by atoms with Crippen LogP contribution in [-0.4, -0.2) is 11.5 Å². The summed E-state index contributed by atoms with van der Waals surface area (Å²) in [6.45, 7) is 3.89. The largest absolute Gasteiger partial charge is 0.375 e. The van der Waals surface area contributed by atoms with Crippen molar-refractivity contribution in [2.24, 2.45) is 0 Å². The van der Waals surface area contributed by atoms with Gasteiger partial charge in [-0.25, -0.2) is 4.98 Å². The van der Waals surface area contributed by atoms with E-state index in [1.54, 1.807) is 0 Å². The third kappa shape index (κ3) is 2.47. The third-order valence-electron chi connectivity index (χ3n) is 3.41. The molecule has 0 fully saturated rings. The number of thiazole rings is 1. The number of benzene rings is 2. The van der Waals surface area contributed by atoms with Gasteiger partial charge < -0.3 is 10.6 Å². The van der Waals surface area contributed by atoms with Gasteiger partial charge >= 0.3 is 0 Å². The highest BCUT2D eigenvalue weighted by atomic mass is 32.1. The minimum atomic E-state index is 0.633. The number of nitrogen functional groups attached to an aromatic ring is 1. The smallest absolute Gasteiger partial charge is 0.180 e. The summed E-state index contributed by atoms with van der Waals surface area (Å²) >= 11 is 1.50. The second kappa shape index (κ2) is 5.51. The zero-order valence-electron chi connectivity index (χ0n) is 11.4. The van der Waals surface area contributed by atoms with E-state index in [1.807, 2.05) is 5.38 Å². The van der Waals surface area contributed by atoms with Gasteiger partial charge in [0.05, 0.1) is 12.2 Å². The van der Waals surface area contributed by atoms with E-state index in [0.717, 1.165) is 18.8 Å². The topological polar surface area (TPSA) is 42.1 Å². The number of aromatic nitrogens is 1. The van der Waals surface area contributed by atoms with E-state index in [4.69, 9.17) is 5.73 Å². The Morgan fingerprint density at radius 1 is 1.15 bits per heavy atom. The zero-order valence-corrected chi connectivity index (χ0v) is 12.2. The summed E-state index contributed by atoms with van der Waals surface area (Å²) in [5, 5.41) is 5.21. The molecule has 0 aliphatic heterocycles. The molecule has 3 nitrogen and oxygen atoms in total. The van der Waals surface area contributed by atoms with Gasteiger partial charge in [0.2, 0.25) is 0 Å². The summed E-state index contributed by atoms with van der Waals surface area (Å²) in [6, 6.07) is 14.9. The molecule has 1 heterocycles. The van der Waals surface area contributed by atoms with E-state index >= 15 is 0 Å². The van der Waals surface area contributed by atoms with Crippen LogP contribution in [0.1, 0.15) is 12.6 Å². The standard InChI is InChI=1S/C16H17N3S/c1-2-19(10-13-11-20-16(17)18-13)15-9-5-7-12-6-3-4-8-14(12)15/h3-9,11H,2,10H2,1H3,(H2,17,18). The Bertz CT molecular complexity index is 715. The van der Waals surface area contributed by atoms with Gasteiger partial charge in [0.15, 0.2) is 5.13 Å². The van der Waals surface area contributed by atoms with E-state index in [1.165, 1.54) is 27.8 Å². The first-order valence-electron chi connectivity index (χ1n) is 6.70. The molecule has 3 aromatic rings. The quantitative estimate of drug-likeness (QED) is 0.789. The molecule has 2 N–H and O–H groups in total. The van der Waals surface area contributed by atoms with Gasteiger partial charge in [-0.1, -0.05) is 36.4 Å². The normalized spacial score (nSPS) is 10.8. The average molecular weight is 283 g/mol. The maximum atomic E-state index is 5.71. The molecule has 0 saturated carbocycles. The van der Waals surface area contributed by atoms with Crippen molar-refractivity contribution >= 4 is 32.9 Å². The summed E-state index contributed by atoms with van der Waals surface area (Å²) in [5.41, 5.74) is 7.99. The minimum absolute atomic E-state index is 0.633. The summed E-state index contributed by atoms with van der Waals surface area (Å²) in [7, 11) is 0. The highest BCUT2D eigenvalue weighted by molar-refractivity contribution is 7.13. The lowest BCUT2D eigenvalue weighted by atomic mass is 10.1. The second-order valence-electron chi connectivity index (χ2n) is 4.69. The lowest BCUT2D eigenvalue weighted by Crippen LogP contribution is -2.22. The fraction of sp³-hybridized carbons (Fsp3) is 0.188. The van der Waals surface area contributed by atoms with Crippen LogP contribution in [0.15, 0.2) is 47.8 Å². The highest BCUT2D eigenvalue weighted by Crippen LogP contribution is 2.28. The Morgan fingerprint density at radius 3 is 2.70 bits per heavy atom. The SMILES string of the molecule is CCN(Cc1csc(N)n1)c1cccc2ccccc12. The molecular formula is C16H17N3S. The van der Waals surface area contributed by atoms with Gasteiger partial charge in [-0.15, -0.1) is 11.3 Å². The number of rotatable bonds is 4. The number of nitrogens with zero attached hydrogens (tertiary/aromatic N) is 2. The first kappa shape index (κ1) is 12.9. The van der Waals surface area contributed by atoms with Crippen LogP contribution in [0.2, 0.25) is 0 Å². The van der Waals surface area contributed by atoms with Crippen molar-refractivity contribution in [3.05, 3.63) is 53.5 Å². The Kier molecular flexibility index (Phi) is 3.56. The number of fused-ring (bicyclic) bond motifs is 1. The molecule has 0 amide bonds. The summed E-state index contributed by atoms with van der Waals surface area (Å²) in [5.74, 6) is 0. The second-order valence-corrected chi connectivity index (χ2v) is 5.58. The monoisotopic (exact) mass is 283 g/mol. The van der Waals surface area contributed by atoms with Crippen molar-refractivity contribution in [1.29, 1.82) is 0 Å². The Labute approximate surface area is 122 Å². The van der Waals surface area contributed by atoms with Crippen molar-refractivity contribution in [2.45, 2.75) is 13.5 Å². The average Bonchev–Trinajstić information content (AvgIpc) is 2.89. The molecule has 0 atom stereocenters. The predicted octanol–water partition coefficient (Wildman–Crippen LogP) is 3.91. The van der Waals surface area contributed by atoms with Crippen LogP contribution < -0.4 is 10.6 Å². The van der Waals surface area contributed by atoms with Crippen LogP contribution in [0.3, 0.4) is 0 Å². The van der Waals surface area contributed by atoms with Gasteiger partial charge in [0.1, 0.15) is 0 Å². The fourth-order valence-electron chi connectivity index (χ4n) is 2.44. The summed E-state index contributed by atoms with van der Waals surface area (Å²) in [6.07, 6.45) is 0. The lowest BCUT2D eigenvalue weighted by molar-refractivity contribution is 0.819. The van der Waals surface area contributed by atoms with Gasteiger partial charge in [0.25, 0.3) is 0 Å². The molecule has 1 aromatic heterocycles. The molecule has 3 rings (SSSR count). The maximum Gasteiger partial charge on any atom is 0.180 e. The van der Waals surface area contributed by atoms with Gasteiger partial charge in [-0.3, -0.25) is 0 Å². The number of hydrogen-bond acceptors (Lipinski definition) is 4. The van der Waals surface area contributed by atoms with Crippen LogP contribution in [0, 0.1) is 0 Å². The molecule has 102 valence electrons. The van der Waals surface area contributed by atoms with Crippen molar-refractivity contribution < 1.29 is 0 Å².